The molecule has 0 aliphatic carbocycles. The third-order valence-electron chi connectivity index (χ3n) is 4.32. The normalized spacial score (nSPS) is 10.8. The smallest absolute Gasteiger partial charge is 0.244 e. The van der Waals surface area contributed by atoms with Crippen LogP contribution in [0.25, 0.3) is 22.0 Å². The molecule has 2 aromatic carbocycles. The molecule has 1 amide bonds. The topological polar surface area (TPSA) is 46.9 Å². The van der Waals surface area contributed by atoms with Crippen molar-refractivity contribution in [2.24, 2.45) is 0 Å². The zero-order valence-electron chi connectivity index (χ0n) is 15.2. The molecule has 2 heterocycles. The van der Waals surface area contributed by atoms with Crippen LogP contribution in [0.15, 0.2) is 72.2 Å². The average molecular weight is 391 g/mol. The SMILES string of the molecule is Cc1ccc(-c2csc(-c3cccn3CC(=O)Nc3cccc(F)c3)n2)cc1. The van der Waals surface area contributed by atoms with Crippen molar-refractivity contribution in [1.29, 1.82) is 0 Å². The van der Waals surface area contributed by atoms with Gasteiger partial charge in [-0.05, 0) is 37.3 Å². The van der Waals surface area contributed by atoms with Gasteiger partial charge in [0, 0.05) is 22.8 Å². The van der Waals surface area contributed by atoms with Gasteiger partial charge in [0.15, 0.2) is 0 Å². The van der Waals surface area contributed by atoms with Gasteiger partial charge in [-0.15, -0.1) is 11.3 Å². The van der Waals surface area contributed by atoms with Gasteiger partial charge < -0.3 is 9.88 Å². The zero-order chi connectivity index (χ0) is 19.5. The largest absolute Gasteiger partial charge is 0.336 e. The summed E-state index contributed by atoms with van der Waals surface area (Å²) in [6, 6.07) is 17.9. The number of hydrogen-bond acceptors (Lipinski definition) is 3. The number of thiazole rings is 1. The summed E-state index contributed by atoms with van der Waals surface area (Å²) in [4.78, 5) is 17.1. The summed E-state index contributed by atoms with van der Waals surface area (Å²) in [5.74, 6) is -0.607. The van der Waals surface area contributed by atoms with E-state index in [9.17, 15) is 9.18 Å². The number of aryl methyl sites for hydroxylation is 1. The van der Waals surface area contributed by atoms with Crippen molar-refractivity contribution in [1.82, 2.24) is 9.55 Å². The summed E-state index contributed by atoms with van der Waals surface area (Å²) in [6.07, 6.45) is 1.84. The molecule has 0 radical (unpaired) electrons. The number of nitrogens with zero attached hydrogens (tertiary/aromatic N) is 2. The van der Waals surface area contributed by atoms with Gasteiger partial charge in [-0.2, -0.15) is 0 Å². The number of rotatable bonds is 5. The lowest BCUT2D eigenvalue weighted by atomic mass is 10.1. The molecular weight excluding hydrogens is 373 g/mol. The molecule has 6 heteroatoms. The van der Waals surface area contributed by atoms with E-state index in [1.54, 1.807) is 23.5 Å². The summed E-state index contributed by atoms with van der Waals surface area (Å²) in [5, 5.41) is 5.58. The van der Waals surface area contributed by atoms with Crippen molar-refractivity contribution in [2.45, 2.75) is 13.5 Å². The molecule has 4 aromatic rings. The summed E-state index contributed by atoms with van der Waals surface area (Å²) in [5.41, 5.74) is 4.50. The van der Waals surface area contributed by atoms with Crippen molar-refractivity contribution < 1.29 is 9.18 Å². The van der Waals surface area contributed by atoms with E-state index in [0.29, 0.717) is 5.69 Å². The molecule has 4 nitrogen and oxygen atoms in total. The number of anilines is 1. The van der Waals surface area contributed by atoms with E-state index in [1.165, 1.54) is 17.7 Å². The summed E-state index contributed by atoms with van der Waals surface area (Å²) in [7, 11) is 0. The quantitative estimate of drug-likeness (QED) is 0.497. The fraction of sp³-hybridized carbons (Fsp3) is 0.0909. The fourth-order valence-corrected chi connectivity index (χ4v) is 3.79. The Morgan fingerprint density at radius 2 is 1.96 bits per heavy atom. The molecular formula is C22H18FN3OS. The van der Waals surface area contributed by atoms with Gasteiger partial charge in [-0.1, -0.05) is 35.9 Å². The van der Waals surface area contributed by atoms with Gasteiger partial charge in [-0.3, -0.25) is 4.79 Å². The van der Waals surface area contributed by atoms with Crippen LogP contribution in [0.3, 0.4) is 0 Å². The molecule has 28 heavy (non-hydrogen) atoms. The number of aromatic nitrogens is 2. The van der Waals surface area contributed by atoms with Crippen molar-refractivity contribution in [3.05, 3.63) is 83.6 Å². The fourth-order valence-electron chi connectivity index (χ4n) is 2.92. The zero-order valence-corrected chi connectivity index (χ0v) is 16.0. The molecule has 0 bridgehead atoms. The maximum atomic E-state index is 13.3. The first kappa shape index (κ1) is 18.1. The Labute approximate surface area is 166 Å². The minimum Gasteiger partial charge on any atom is -0.336 e. The third kappa shape index (κ3) is 4.02. The number of hydrogen-bond donors (Lipinski definition) is 1. The third-order valence-corrected chi connectivity index (χ3v) is 5.19. The Kier molecular flexibility index (Phi) is 5.04. The van der Waals surface area contributed by atoms with Crippen LogP contribution >= 0.6 is 11.3 Å². The predicted molar refractivity (Wildman–Crippen MR) is 111 cm³/mol. The maximum absolute atomic E-state index is 13.3. The Morgan fingerprint density at radius 1 is 1.14 bits per heavy atom. The number of halogens is 1. The lowest BCUT2D eigenvalue weighted by Crippen LogP contribution is -2.18. The maximum Gasteiger partial charge on any atom is 0.244 e. The van der Waals surface area contributed by atoms with Crippen molar-refractivity contribution >= 4 is 22.9 Å². The van der Waals surface area contributed by atoms with Crippen LogP contribution in [0.4, 0.5) is 10.1 Å². The van der Waals surface area contributed by atoms with Gasteiger partial charge in [0.25, 0.3) is 0 Å². The highest BCUT2D eigenvalue weighted by Crippen LogP contribution is 2.29. The van der Waals surface area contributed by atoms with Gasteiger partial charge >= 0.3 is 0 Å². The molecule has 0 spiro atoms. The first-order valence-corrected chi connectivity index (χ1v) is 9.70. The first-order chi connectivity index (χ1) is 13.6. The monoisotopic (exact) mass is 391 g/mol. The van der Waals surface area contributed by atoms with E-state index in [-0.39, 0.29) is 18.3 Å². The standard InChI is InChI=1S/C22H18FN3OS/c1-15-7-9-16(10-8-15)19-14-28-22(25-19)20-6-3-11-26(20)13-21(27)24-18-5-2-4-17(23)12-18/h2-12,14H,13H2,1H3,(H,24,27). The summed E-state index contributed by atoms with van der Waals surface area (Å²) < 4.78 is 15.1. The first-order valence-electron chi connectivity index (χ1n) is 8.82. The molecule has 140 valence electrons. The second-order valence-electron chi connectivity index (χ2n) is 6.48. The Balaban J connectivity index is 1.51. The number of benzene rings is 2. The number of carbonyl (C=O) groups is 1. The highest BCUT2D eigenvalue weighted by molar-refractivity contribution is 7.13. The van der Waals surface area contributed by atoms with Crippen LogP contribution in [0.1, 0.15) is 5.56 Å². The van der Waals surface area contributed by atoms with Gasteiger partial charge in [-0.25, -0.2) is 9.37 Å². The molecule has 0 unspecified atom stereocenters. The summed E-state index contributed by atoms with van der Waals surface area (Å²) >= 11 is 1.54. The molecule has 0 saturated carbocycles. The van der Waals surface area contributed by atoms with Gasteiger partial charge in [0.1, 0.15) is 17.4 Å². The minimum absolute atomic E-state index is 0.123. The van der Waals surface area contributed by atoms with Gasteiger partial charge in [0.05, 0.1) is 11.4 Å². The van der Waals surface area contributed by atoms with Crippen molar-refractivity contribution in [3.8, 4) is 22.0 Å². The lowest BCUT2D eigenvalue weighted by molar-refractivity contribution is -0.116. The molecule has 0 saturated heterocycles. The Morgan fingerprint density at radius 3 is 2.75 bits per heavy atom. The van der Waals surface area contributed by atoms with E-state index in [0.717, 1.165) is 22.0 Å². The molecule has 0 aliphatic heterocycles. The van der Waals surface area contributed by atoms with Crippen molar-refractivity contribution in [3.63, 3.8) is 0 Å². The molecule has 2 aromatic heterocycles. The van der Waals surface area contributed by atoms with Crippen LogP contribution in [-0.2, 0) is 11.3 Å². The van der Waals surface area contributed by atoms with E-state index in [1.807, 2.05) is 28.3 Å². The highest BCUT2D eigenvalue weighted by atomic mass is 32.1. The van der Waals surface area contributed by atoms with E-state index >= 15 is 0 Å². The van der Waals surface area contributed by atoms with E-state index in [4.69, 9.17) is 4.98 Å². The Hall–Kier alpha value is -3.25. The van der Waals surface area contributed by atoms with Crippen molar-refractivity contribution in [2.75, 3.05) is 5.32 Å². The van der Waals surface area contributed by atoms with Crippen LogP contribution in [0.2, 0.25) is 0 Å². The lowest BCUT2D eigenvalue weighted by Gasteiger charge is -2.09. The van der Waals surface area contributed by atoms with E-state index < -0.39 is 0 Å². The average Bonchev–Trinajstić information content (AvgIpc) is 3.31. The second kappa shape index (κ2) is 7.78. The number of amides is 1. The number of nitrogens with one attached hydrogen (secondary N) is 1. The van der Waals surface area contributed by atoms with Crippen LogP contribution in [0.5, 0.6) is 0 Å². The Bertz CT molecular complexity index is 1110. The van der Waals surface area contributed by atoms with Crippen LogP contribution < -0.4 is 5.32 Å². The molecule has 0 atom stereocenters. The molecule has 0 fully saturated rings. The molecule has 4 rings (SSSR count). The second-order valence-corrected chi connectivity index (χ2v) is 7.34. The van der Waals surface area contributed by atoms with Crippen LogP contribution in [0, 0.1) is 12.7 Å². The molecule has 0 aliphatic rings. The number of carbonyl (C=O) groups excluding carboxylic acids is 1. The molecule has 1 N–H and O–H groups in total. The van der Waals surface area contributed by atoms with Crippen LogP contribution in [-0.4, -0.2) is 15.5 Å². The highest BCUT2D eigenvalue weighted by Gasteiger charge is 2.13. The van der Waals surface area contributed by atoms with Gasteiger partial charge in [0.2, 0.25) is 5.91 Å². The minimum atomic E-state index is -0.383. The predicted octanol–water partition coefficient (Wildman–Crippen LogP) is 5.36. The summed E-state index contributed by atoms with van der Waals surface area (Å²) in [6.45, 7) is 2.18. The van der Waals surface area contributed by atoms with E-state index in [2.05, 4.69) is 36.5 Å².